The molecule has 7 nitrogen and oxygen atoms in total. The number of benzene rings is 1. The monoisotopic (exact) mass is 417 g/mol. The molecule has 4 atom stereocenters. The number of hydrogen-bond acceptors (Lipinski definition) is 7. The second-order valence-corrected chi connectivity index (χ2v) is 8.57. The number of nitrogens with two attached hydrogens (primary N) is 2. The number of carbonyl (C=O) groups excluding carboxylic acids is 2. The Morgan fingerprint density at radius 2 is 1.77 bits per heavy atom. The van der Waals surface area contributed by atoms with Gasteiger partial charge in [-0.25, -0.2) is 0 Å². The van der Waals surface area contributed by atoms with Crippen LogP contribution >= 0.6 is 0 Å². The summed E-state index contributed by atoms with van der Waals surface area (Å²) in [7, 11) is 2.16. The van der Waals surface area contributed by atoms with Gasteiger partial charge in [-0.1, -0.05) is 36.8 Å². The maximum Gasteiger partial charge on any atom is 0.322 e. The molecule has 2 aliphatic rings. The molecule has 0 saturated carbocycles. The molecule has 0 radical (unpaired) electrons. The molecular weight excluding hydrogens is 382 g/mol. The first-order chi connectivity index (χ1) is 14.5. The van der Waals surface area contributed by atoms with Crippen LogP contribution < -0.4 is 11.5 Å². The summed E-state index contributed by atoms with van der Waals surface area (Å²) in [5.41, 5.74) is 12.2. The van der Waals surface area contributed by atoms with Crippen LogP contribution in [0.15, 0.2) is 30.3 Å². The molecule has 0 aliphatic carbocycles. The minimum Gasteiger partial charge on any atom is -0.463 e. The summed E-state index contributed by atoms with van der Waals surface area (Å²) in [5, 5.41) is 0. The zero-order chi connectivity index (χ0) is 21.5. The van der Waals surface area contributed by atoms with E-state index in [1.54, 1.807) is 0 Å². The van der Waals surface area contributed by atoms with Gasteiger partial charge in [0.15, 0.2) is 0 Å². The van der Waals surface area contributed by atoms with E-state index in [4.69, 9.17) is 20.9 Å². The number of ether oxygens (including phenoxy) is 2. The Hall–Kier alpha value is -1.96. The standard InChI is InChI=1S/C23H35N3O4/c1-26-17-10-11-18(26)14-19(13-17)30-22(27)20(16-7-3-2-4-8-16)15-29-23(28)21(25)9-5-6-12-24/h2-4,7-8,17-21H,5-6,9-15,24-25H2,1H3/t17?,18?,19?,20?,21-/m0/s1. The van der Waals surface area contributed by atoms with E-state index in [2.05, 4.69) is 11.9 Å². The van der Waals surface area contributed by atoms with E-state index in [0.717, 1.165) is 44.1 Å². The molecule has 0 amide bonds. The van der Waals surface area contributed by atoms with Gasteiger partial charge in [0.05, 0.1) is 0 Å². The molecule has 2 fully saturated rings. The van der Waals surface area contributed by atoms with Gasteiger partial charge in [-0.2, -0.15) is 0 Å². The molecule has 166 valence electrons. The third-order valence-electron chi connectivity index (χ3n) is 6.49. The van der Waals surface area contributed by atoms with Gasteiger partial charge in [-0.05, 0) is 57.7 Å². The predicted octanol–water partition coefficient (Wildman–Crippen LogP) is 1.94. The maximum absolute atomic E-state index is 13.0. The summed E-state index contributed by atoms with van der Waals surface area (Å²) in [6.45, 7) is 0.508. The average Bonchev–Trinajstić information content (AvgIpc) is 2.95. The Morgan fingerprint density at radius 3 is 2.40 bits per heavy atom. The molecular formula is C23H35N3O4. The average molecular weight is 418 g/mol. The molecule has 7 heteroatoms. The van der Waals surface area contributed by atoms with Gasteiger partial charge in [-0.3, -0.25) is 9.59 Å². The van der Waals surface area contributed by atoms with Gasteiger partial charge in [0.1, 0.15) is 24.7 Å². The zero-order valence-corrected chi connectivity index (χ0v) is 17.9. The summed E-state index contributed by atoms with van der Waals surface area (Å²) in [4.78, 5) is 27.7. The highest BCUT2D eigenvalue weighted by molar-refractivity contribution is 5.80. The largest absolute Gasteiger partial charge is 0.463 e. The smallest absolute Gasteiger partial charge is 0.322 e. The molecule has 2 bridgehead atoms. The topological polar surface area (TPSA) is 108 Å². The quantitative estimate of drug-likeness (QED) is 0.442. The second kappa shape index (κ2) is 10.9. The van der Waals surface area contributed by atoms with Crippen molar-refractivity contribution in [2.45, 2.75) is 75.1 Å². The number of rotatable bonds is 10. The van der Waals surface area contributed by atoms with E-state index in [-0.39, 0.29) is 18.7 Å². The SMILES string of the molecule is CN1C2CCC1CC(OC(=O)C(COC(=O)[C@@H](N)CCCCN)c1ccccc1)C2. The minimum atomic E-state index is -0.700. The molecule has 2 saturated heterocycles. The van der Waals surface area contributed by atoms with E-state index in [0.29, 0.717) is 25.0 Å². The molecule has 30 heavy (non-hydrogen) atoms. The first-order valence-electron chi connectivity index (χ1n) is 11.1. The van der Waals surface area contributed by atoms with Crippen LogP contribution in [0.2, 0.25) is 0 Å². The Kier molecular flexibility index (Phi) is 8.24. The Bertz CT molecular complexity index is 685. The summed E-state index contributed by atoms with van der Waals surface area (Å²) >= 11 is 0. The number of esters is 2. The van der Waals surface area contributed by atoms with Gasteiger partial charge in [0.2, 0.25) is 0 Å². The lowest BCUT2D eigenvalue weighted by molar-refractivity contribution is -0.158. The number of hydrogen-bond donors (Lipinski definition) is 2. The molecule has 1 aromatic carbocycles. The summed E-state index contributed by atoms with van der Waals surface area (Å²) in [6.07, 6.45) is 6.10. The number of carbonyl (C=O) groups is 2. The van der Waals surface area contributed by atoms with Gasteiger partial charge in [-0.15, -0.1) is 0 Å². The van der Waals surface area contributed by atoms with Crippen molar-refractivity contribution in [3.05, 3.63) is 35.9 Å². The Morgan fingerprint density at radius 1 is 1.10 bits per heavy atom. The molecule has 3 unspecified atom stereocenters. The van der Waals surface area contributed by atoms with Gasteiger partial charge < -0.3 is 25.8 Å². The van der Waals surface area contributed by atoms with Gasteiger partial charge in [0, 0.05) is 12.1 Å². The number of piperidine rings is 1. The van der Waals surface area contributed by atoms with Crippen LogP contribution in [0.4, 0.5) is 0 Å². The van der Waals surface area contributed by atoms with Crippen molar-refractivity contribution in [3.8, 4) is 0 Å². The van der Waals surface area contributed by atoms with Crippen molar-refractivity contribution in [2.75, 3.05) is 20.2 Å². The molecule has 2 heterocycles. The molecule has 2 aliphatic heterocycles. The zero-order valence-electron chi connectivity index (χ0n) is 17.9. The first kappa shape index (κ1) is 22.7. The highest BCUT2D eigenvalue weighted by atomic mass is 16.6. The second-order valence-electron chi connectivity index (χ2n) is 8.57. The van der Waals surface area contributed by atoms with Crippen LogP contribution in [0, 0.1) is 0 Å². The van der Waals surface area contributed by atoms with Crippen LogP contribution in [0.25, 0.3) is 0 Å². The number of nitrogens with zero attached hydrogens (tertiary/aromatic N) is 1. The third-order valence-corrected chi connectivity index (χ3v) is 6.49. The molecule has 3 rings (SSSR count). The molecule has 1 aromatic rings. The summed E-state index contributed by atoms with van der Waals surface area (Å²) in [5.74, 6) is -1.47. The van der Waals surface area contributed by atoms with Crippen LogP contribution in [0.1, 0.15) is 56.4 Å². The van der Waals surface area contributed by atoms with Crippen LogP contribution in [-0.2, 0) is 19.1 Å². The highest BCUT2D eigenvalue weighted by Crippen LogP contribution is 2.36. The lowest BCUT2D eigenvalue weighted by Gasteiger charge is -2.36. The lowest BCUT2D eigenvalue weighted by Crippen LogP contribution is -2.44. The van der Waals surface area contributed by atoms with Gasteiger partial charge in [0.25, 0.3) is 0 Å². The first-order valence-corrected chi connectivity index (χ1v) is 11.1. The third kappa shape index (κ3) is 5.80. The fourth-order valence-corrected chi connectivity index (χ4v) is 4.59. The molecule has 0 spiro atoms. The summed E-state index contributed by atoms with van der Waals surface area (Å²) in [6, 6.07) is 9.62. The van der Waals surface area contributed by atoms with E-state index < -0.39 is 17.9 Å². The highest BCUT2D eigenvalue weighted by Gasteiger charge is 2.40. The molecule has 4 N–H and O–H groups in total. The molecule has 0 aromatic heterocycles. The van der Waals surface area contributed by atoms with Crippen LogP contribution in [0.3, 0.4) is 0 Å². The Labute approximate surface area is 179 Å². The van der Waals surface area contributed by atoms with E-state index >= 15 is 0 Å². The van der Waals surface area contributed by atoms with Crippen molar-refractivity contribution in [1.82, 2.24) is 4.90 Å². The van der Waals surface area contributed by atoms with Crippen molar-refractivity contribution in [1.29, 1.82) is 0 Å². The lowest BCUT2D eigenvalue weighted by atomic mass is 9.98. The number of unbranched alkanes of at least 4 members (excludes halogenated alkanes) is 1. The van der Waals surface area contributed by atoms with Crippen LogP contribution in [0.5, 0.6) is 0 Å². The van der Waals surface area contributed by atoms with Crippen molar-refractivity contribution in [3.63, 3.8) is 0 Å². The van der Waals surface area contributed by atoms with Crippen molar-refractivity contribution < 1.29 is 19.1 Å². The van der Waals surface area contributed by atoms with Crippen LogP contribution in [-0.4, -0.2) is 61.3 Å². The van der Waals surface area contributed by atoms with Crippen molar-refractivity contribution in [2.24, 2.45) is 11.5 Å². The minimum absolute atomic E-state index is 0.0637. The normalized spacial score (nSPS) is 25.5. The van der Waals surface area contributed by atoms with E-state index in [9.17, 15) is 9.59 Å². The fourth-order valence-electron chi connectivity index (χ4n) is 4.59. The predicted molar refractivity (Wildman–Crippen MR) is 115 cm³/mol. The fraction of sp³-hybridized carbons (Fsp3) is 0.652. The van der Waals surface area contributed by atoms with E-state index in [1.807, 2.05) is 30.3 Å². The van der Waals surface area contributed by atoms with Gasteiger partial charge >= 0.3 is 11.9 Å². The Balaban J connectivity index is 1.59. The number of fused-ring (bicyclic) bond motifs is 2. The van der Waals surface area contributed by atoms with E-state index in [1.165, 1.54) is 0 Å². The maximum atomic E-state index is 13.0. The summed E-state index contributed by atoms with van der Waals surface area (Å²) < 4.78 is 11.3. The van der Waals surface area contributed by atoms with Crippen molar-refractivity contribution >= 4 is 11.9 Å².